The molecule has 2 unspecified atom stereocenters. The summed E-state index contributed by atoms with van der Waals surface area (Å²) in [4.78, 5) is 0. The molecule has 0 bridgehead atoms. The molecular weight excluding hydrogens is 228 g/mol. The van der Waals surface area contributed by atoms with Gasteiger partial charge >= 0.3 is 0 Å². The van der Waals surface area contributed by atoms with Crippen molar-refractivity contribution in [3.05, 3.63) is 23.8 Å². The summed E-state index contributed by atoms with van der Waals surface area (Å²) in [7, 11) is 5.25. The largest absolute Gasteiger partial charge is 0.493 e. The molecule has 1 aromatic rings. The van der Waals surface area contributed by atoms with Gasteiger partial charge in [-0.05, 0) is 44.5 Å². The van der Waals surface area contributed by atoms with E-state index in [1.54, 1.807) is 14.2 Å². The van der Waals surface area contributed by atoms with E-state index >= 15 is 0 Å². The second-order valence-electron chi connectivity index (χ2n) is 4.51. The van der Waals surface area contributed by atoms with Gasteiger partial charge in [-0.15, -0.1) is 0 Å². The van der Waals surface area contributed by atoms with Crippen LogP contribution in [-0.2, 0) is 0 Å². The van der Waals surface area contributed by atoms with Gasteiger partial charge in [-0.1, -0.05) is 6.07 Å². The van der Waals surface area contributed by atoms with E-state index in [4.69, 9.17) is 15.2 Å². The number of benzene rings is 1. The Morgan fingerprint density at radius 1 is 1.17 bits per heavy atom. The molecule has 3 N–H and O–H groups in total. The van der Waals surface area contributed by atoms with Crippen LogP contribution in [0, 0.1) is 0 Å². The van der Waals surface area contributed by atoms with Crippen LogP contribution >= 0.6 is 0 Å². The first-order valence-electron chi connectivity index (χ1n) is 6.27. The highest BCUT2D eigenvalue weighted by atomic mass is 16.5. The number of hydrogen-bond acceptors (Lipinski definition) is 4. The van der Waals surface area contributed by atoms with E-state index in [9.17, 15) is 0 Å². The zero-order valence-electron chi connectivity index (χ0n) is 11.7. The molecule has 4 nitrogen and oxygen atoms in total. The van der Waals surface area contributed by atoms with Crippen LogP contribution in [0.5, 0.6) is 11.5 Å². The molecule has 1 aromatic carbocycles. The molecule has 0 amide bonds. The quantitative estimate of drug-likeness (QED) is 0.780. The normalized spacial score (nSPS) is 14.1. The Morgan fingerprint density at radius 2 is 1.83 bits per heavy atom. The minimum absolute atomic E-state index is 0.223. The Balaban J connectivity index is 2.85. The van der Waals surface area contributed by atoms with Crippen LogP contribution < -0.4 is 20.5 Å². The summed E-state index contributed by atoms with van der Waals surface area (Å²) in [6, 6.07) is 6.52. The van der Waals surface area contributed by atoms with Gasteiger partial charge in [0.1, 0.15) is 0 Å². The lowest BCUT2D eigenvalue weighted by Gasteiger charge is -2.19. The first-order valence-corrected chi connectivity index (χ1v) is 6.27. The molecule has 0 aliphatic carbocycles. The predicted molar refractivity (Wildman–Crippen MR) is 74.2 cm³/mol. The minimum atomic E-state index is 0.223. The van der Waals surface area contributed by atoms with Gasteiger partial charge in [-0.3, -0.25) is 0 Å². The van der Waals surface area contributed by atoms with Crippen LogP contribution in [0.25, 0.3) is 0 Å². The maximum Gasteiger partial charge on any atom is 0.161 e. The van der Waals surface area contributed by atoms with Crippen molar-refractivity contribution >= 4 is 0 Å². The lowest BCUT2D eigenvalue weighted by molar-refractivity contribution is 0.353. The molecular formula is C14H24N2O2. The molecule has 0 saturated heterocycles. The summed E-state index contributed by atoms with van der Waals surface area (Å²) in [6.07, 6.45) is 1.99. The summed E-state index contributed by atoms with van der Waals surface area (Å²) in [5.74, 6) is 1.51. The zero-order chi connectivity index (χ0) is 13.5. The van der Waals surface area contributed by atoms with E-state index in [0.717, 1.165) is 24.3 Å². The van der Waals surface area contributed by atoms with Gasteiger partial charge in [0, 0.05) is 12.1 Å². The number of hydrogen-bond donors (Lipinski definition) is 2. The highest BCUT2D eigenvalue weighted by Crippen LogP contribution is 2.31. The van der Waals surface area contributed by atoms with E-state index in [0.29, 0.717) is 0 Å². The second-order valence-corrected chi connectivity index (χ2v) is 4.51. The van der Waals surface area contributed by atoms with Crippen LogP contribution in [0.15, 0.2) is 18.2 Å². The third-order valence-corrected chi connectivity index (χ3v) is 3.07. The van der Waals surface area contributed by atoms with Crippen LogP contribution in [-0.4, -0.2) is 27.3 Å². The number of ether oxygens (including phenoxy) is 2. The highest BCUT2D eigenvalue weighted by Gasteiger charge is 2.13. The first-order chi connectivity index (χ1) is 8.62. The number of nitrogens with one attached hydrogen (secondary N) is 1. The van der Waals surface area contributed by atoms with Crippen LogP contribution in [0.1, 0.15) is 31.4 Å². The van der Waals surface area contributed by atoms with Gasteiger partial charge in [0.05, 0.1) is 14.2 Å². The molecule has 1 rings (SSSR count). The maximum absolute atomic E-state index is 5.80. The van der Waals surface area contributed by atoms with Gasteiger partial charge in [0.25, 0.3) is 0 Å². The van der Waals surface area contributed by atoms with E-state index in [1.807, 2.05) is 26.1 Å². The molecule has 0 spiro atoms. The van der Waals surface area contributed by atoms with Crippen molar-refractivity contribution < 1.29 is 9.47 Å². The molecule has 0 fully saturated rings. The Morgan fingerprint density at radius 3 is 2.33 bits per heavy atom. The molecule has 18 heavy (non-hydrogen) atoms. The van der Waals surface area contributed by atoms with Crippen LogP contribution in [0.4, 0.5) is 0 Å². The third-order valence-electron chi connectivity index (χ3n) is 3.07. The highest BCUT2D eigenvalue weighted by molar-refractivity contribution is 5.43. The number of nitrogens with two attached hydrogens (primary N) is 1. The van der Waals surface area contributed by atoms with Crippen molar-refractivity contribution in [1.29, 1.82) is 0 Å². The molecule has 2 atom stereocenters. The van der Waals surface area contributed by atoms with E-state index < -0.39 is 0 Å². The summed E-state index contributed by atoms with van der Waals surface area (Å²) >= 11 is 0. The van der Waals surface area contributed by atoms with E-state index in [2.05, 4.69) is 11.4 Å². The fourth-order valence-electron chi connectivity index (χ4n) is 1.98. The van der Waals surface area contributed by atoms with Crippen molar-refractivity contribution in [2.45, 2.75) is 31.8 Å². The Bertz CT molecular complexity index is 367. The molecule has 0 aliphatic rings. The molecule has 0 aromatic heterocycles. The van der Waals surface area contributed by atoms with E-state index in [-0.39, 0.29) is 12.1 Å². The molecule has 0 aliphatic heterocycles. The van der Waals surface area contributed by atoms with Crippen molar-refractivity contribution in [3.63, 3.8) is 0 Å². The zero-order valence-corrected chi connectivity index (χ0v) is 11.7. The Kier molecular flexibility index (Phi) is 5.95. The SMILES string of the molecule is CNC(CCC(C)N)c1ccc(OC)c(OC)c1. The molecule has 102 valence electrons. The van der Waals surface area contributed by atoms with Gasteiger partial charge < -0.3 is 20.5 Å². The minimum Gasteiger partial charge on any atom is -0.493 e. The smallest absolute Gasteiger partial charge is 0.161 e. The second kappa shape index (κ2) is 7.24. The van der Waals surface area contributed by atoms with Gasteiger partial charge in [-0.2, -0.15) is 0 Å². The summed E-state index contributed by atoms with van der Waals surface area (Å²) in [5, 5.41) is 3.31. The van der Waals surface area contributed by atoms with Crippen LogP contribution in [0.2, 0.25) is 0 Å². The molecule has 0 heterocycles. The topological polar surface area (TPSA) is 56.5 Å². The van der Waals surface area contributed by atoms with Crippen molar-refractivity contribution in [1.82, 2.24) is 5.32 Å². The summed E-state index contributed by atoms with van der Waals surface area (Å²) in [6.45, 7) is 2.03. The van der Waals surface area contributed by atoms with Gasteiger partial charge in [-0.25, -0.2) is 0 Å². The standard InChI is InChI=1S/C14H24N2O2/c1-10(15)5-7-12(16-2)11-6-8-13(17-3)14(9-11)18-4/h6,8-10,12,16H,5,7,15H2,1-4H3. The first kappa shape index (κ1) is 14.8. The number of methoxy groups -OCH3 is 2. The van der Waals surface area contributed by atoms with Crippen molar-refractivity contribution in [2.24, 2.45) is 5.73 Å². The fourth-order valence-corrected chi connectivity index (χ4v) is 1.98. The predicted octanol–water partition coefficient (Wildman–Crippen LogP) is 2.09. The fraction of sp³-hybridized carbons (Fsp3) is 0.571. The number of rotatable bonds is 7. The summed E-state index contributed by atoms with van der Waals surface area (Å²) in [5.41, 5.74) is 6.99. The molecule has 4 heteroatoms. The monoisotopic (exact) mass is 252 g/mol. The third kappa shape index (κ3) is 3.89. The van der Waals surface area contributed by atoms with Gasteiger partial charge in [0.15, 0.2) is 11.5 Å². The maximum atomic E-state index is 5.80. The lowest BCUT2D eigenvalue weighted by Crippen LogP contribution is -2.21. The lowest BCUT2D eigenvalue weighted by atomic mass is 9.99. The van der Waals surface area contributed by atoms with Crippen molar-refractivity contribution in [2.75, 3.05) is 21.3 Å². The molecule has 0 saturated carbocycles. The van der Waals surface area contributed by atoms with Crippen LogP contribution in [0.3, 0.4) is 0 Å². The Hall–Kier alpha value is -1.26. The van der Waals surface area contributed by atoms with Crippen molar-refractivity contribution in [3.8, 4) is 11.5 Å². The Labute approximate surface area is 109 Å². The summed E-state index contributed by atoms with van der Waals surface area (Å²) < 4.78 is 10.6. The van der Waals surface area contributed by atoms with E-state index in [1.165, 1.54) is 5.56 Å². The molecule has 0 radical (unpaired) electrons. The average molecular weight is 252 g/mol. The average Bonchev–Trinajstić information content (AvgIpc) is 2.38. The van der Waals surface area contributed by atoms with Gasteiger partial charge in [0.2, 0.25) is 0 Å².